The number of hydrogen-bond donors (Lipinski definition) is 1. The minimum absolute atomic E-state index is 0.131. The highest BCUT2D eigenvalue weighted by atomic mass is 32.2. The number of nitrogens with zero attached hydrogens (tertiary/aromatic N) is 1. The van der Waals surface area contributed by atoms with E-state index in [-0.39, 0.29) is 16.5 Å². The van der Waals surface area contributed by atoms with Gasteiger partial charge in [0.05, 0.1) is 10.6 Å². The summed E-state index contributed by atoms with van der Waals surface area (Å²) in [6.07, 6.45) is 1.84. The van der Waals surface area contributed by atoms with Crippen molar-refractivity contribution in [2.24, 2.45) is 0 Å². The van der Waals surface area contributed by atoms with E-state index in [1.54, 1.807) is 11.9 Å². The molecule has 0 fully saturated rings. The second-order valence-corrected chi connectivity index (χ2v) is 7.52. The summed E-state index contributed by atoms with van der Waals surface area (Å²) in [5, 5.41) is 0. The maximum atomic E-state index is 13.6. The summed E-state index contributed by atoms with van der Waals surface area (Å²) in [5.74, 6) is -2.03. The highest BCUT2D eigenvalue weighted by Gasteiger charge is 2.18. The summed E-state index contributed by atoms with van der Waals surface area (Å²) in [6, 6.07) is 7.89. The number of carbonyl (C=O) groups is 1. The Bertz CT molecular complexity index is 884. The fourth-order valence-corrected chi connectivity index (χ4v) is 3.34. The van der Waals surface area contributed by atoms with Gasteiger partial charge in [0.25, 0.3) is 15.9 Å². The predicted octanol–water partition coefficient (Wildman–Crippen LogP) is 3.64. The smallest absolute Gasteiger partial charge is 0.261 e. The molecule has 8 heteroatoms. The lowest BCUT2D eigenvalue weighted by Gasteiger charge is -2.17. The Kier molecular flexibility index (Phi) is 6.31. The quantitative estimate of drug-likeness (QED) is 0.795. The second kappa shape index (κ2) is 8.27. The fourth-order valence-electron chi connectivity index (χ4n) is 2.27. The van der Waals surface area contributed by atoms with Gasteiger partial charge in [-0.3, -0.25) is 9.52 Å². The average molecular weight is 382 g/mol. The van der Waals surface area contributed by atoms with E-state index in [1.807, 2.05) is 6.92 Å². The van der Waals surface area contributed by atoms with Crippen molar-refractivity contribution in [2.45, 2.75) is 24.7 Å². The van der Waals surface area contributed by atoms with Crippen LogP contribution >= 0.6 is 0 Å². The number of anilines is 1. The van der Waals surface area contributed by atoms with E-state index in [0.29, 0.717) is 18.2 Å². The molecular formula is C18H20F2N2O3S. The van der Waals surface area contributed by atoms with Gasteiger partial charge in [0.2, 0.25) is 0 Å². The molecule has 0 atom stereocenters. The summed E-state index contributed by atoms with van der Waals surface area (Å²) in [7, 11) is -2.38. The van der Waals surface area contributed by atoms with Crippen LogP contribution in [-0.2, 0) is 10.0 Å². The van der Waals surface area contributed by atoms with Crippen molar-refractivity contribution in [1.29, 1.82) is 0 Å². The first kappa shape index (κ1) is 19.8. The van der Waals surface area contributed by atoms with Gasteiger partial charge in [0, 0.05) is 25.2 Å². The Morgan fingerprint density at radius 3 is 2.35 bits per heavy atom. The standard InChI is InChI=1S/C18H20F2N2O3S/c1-3-4-11-22(2)18(23)13-5-8-15(9-6-13)26(24,25)21-17-10-7-14(19)12-16(17)20/h5-10,12,21H,3-4,11H2,1-2H3. The third-order valence-electron chi connectivity index (χ3n) is 3.78. The molecule has 0 bridgehead atoms. The lowest BCUT2D eigenvalue weighted by atomic mass is 10.2. The minimum atomic E-state index is -4.06. The minimum Gasteiger partial charge on any atom is -0.342 e. The molecule has 2 aromatic rings. The molecule has 0 heterocycles. The van der Waals surface area contributed by atoms with Crippen LogP contribution in [0.1, 0.15) is 30.1 Å². The molecule has 0 spiro atoms. The van der Waals surface area contributed by atoms with Gasteiger partial charge in [-0.25, -0.2) is 17.2 Å². The van der Waals surface area contributed by atoms with Gasteiger partial charge in [0.15, 0.2) is 0 Å². The van der Waals surface area contributed by atoms with Crippen LogP contribution in [0.2, 0.25) is 0 Å². The van der Waals surface area contributed by atoms with E-state index in [2.05, 4.69) is 4.72 Å². The van der Waals surface area contributed by atoms with Crippen LogP contribution in [-0.4, -0.2) is 32.8 Å². The number of amides is 1. The number of rotatable bonds is 7. The van der Waals surface area contributed by atoms with Crippen molar-refractivity contribution in [3.05, 3.63) is 59.7 Å². The van der Waals surface area contributed by atoms with E-state index >= 15 is 0 Å². The molecular weight excluding hydrogens is 362 g/mol. The zero-order valence-corrected chi connectivity index (χ0v) is 15.3. The molecule has 0 aliphatic carbocycles. The first-order valence-corrected chi connectivity index (χ1v) is 9.56. The Labute approximate surface area is 151 Å². The van der Waals surface area contributed by atoms with Crippen LogP contribution in [0.15, 0.2) is 47.4 Å². The molecule has 2 rings (SSSR count). The van der Waals surface area contributed by atoms with Gasteiger partial charge in [-0.2, -0.15) is 0 Å². The van der Waals surface area contributed by atoms with Gasteiger partial charge in [0.1, 0.15) is 11.6 Å². The molecule has 0 unspecified atom stereocenters. The Balaban J connectivity index is 2.17. The third-order valence-corrected chi connectivity index (χ3v) is 5.16. The number of sulfonamides is 1. The van der Waals surface area contributed by atoms with Crippen LogP contribution in [0, 0.1) is 11.6 Å². The normalized spacial score (nSPS) is 11.2. The number of carbonyl (C=O) groups excluding carboxylic acids is 1. The highest BCUT2D eigenvalue weighted by molar-refractivity contribution is 7.92. The predicted molar refractivity (Wildman–Crippen MR) is 95.5 cm³/mol. The van der Waals surface area contributed by atoms with Gasteiger partial charge >= 0.3 is 0 Å². The van der Waals surface area contributed by atoms with Gasteiger partial charge in [-0.05, 0) is 42.8 Å². The van der Waals surface area contributed by atoms with E-state index in [0.717, 1.165) is 25.0 Å². The molecule has 0 radical (unpaired) electrons. The van der Waals surface area contributed by atoms with Crippen molar-refractivity contribution in [2.75, 3.05) is 18.3 Å². The van der Waals surface area contributed by atoms with Crippen molar-refractivity contribution in [3.63, 3.8) is 0 Å². The number of nitrogens with one attached hydrogen (secondary N) is 1. The van der Waals surface area contributed by atoms with Crippen LogP contribution in [0.3, 0.4) is 0 Å². The number of benzene rings is 2. The lowest BCUT2D eigenvalue weighted by molar-refractivity contribution is 0.0793. The summed E-state index contributed by atoms with van der Waals surface area (Å²) in [5.41, 5.74) is 0.00127. The maximum absolute atomic E-state index is 13.6. The molecule has 0 aliphatic rings. The van der Waals surface area contributed by atoms with Crippen LogP contribution in [0.4, 0.5) is 14.5 Å². The van der Waals surface area contributed by atoms with Crippen LogP contribution in [0.25, 0.3) is 0 Å². The molecule has 26 heavy (non-hydrogen) atoms. The first-order valence-electron chi connectivity index (χ1n) is 8.08. The monoisotopic (exact) mass is 382 g/mol. The third kappa shape index (κ3) is 4.78. The first-order chi connectivity index (χ1) is 12.2. The summed E-state index contributed by atoms with van der Waals surface area (Å²) < 4.78 is 53.3. The van der Waals surface area contributed by atoms with Crippen molar-refractivity contribution < 1.29 is 22.0 Å². The van der Waals surface area contributed by atoms with Crippen molar-refractivity contribution >= 4 is 21.6 Å². The maximum Gasteiger partial charge on any atom is 0.261 e. The zero-order valence-electron chi connectivity index (χ0n) is 14.5. The molecule has 2 aromatic carbocycles. The van der Waals surface area contributed by atoms with Gasteiger partial charge in [-0.1, -0.05) is 13.3 Å². The molecule has 0 aromatic heterocycles. The Hall–Kier alpha value is -2.48. The molecule has 140 valence electrons. The van der Waals surface area contributed by atoms with Crippen LogP contribution in [0.5, 0.6) is 0 Å². The largest absolute Gasteiger partial charge is 0.342 e. The molecule has 0 aliphatic heterocycles. The number of unbranched alkanes of at least 4 members (excludes halogenated alkanes) is 1. The molecule has 0 saturated carbocycles. The molecule has 1 N–H and O–H groups in total. The van der Waals surface area contributed by atoms with Gasteiger partial charge in [-0.15, -0.1) is 0 Å². The molecule has 5 nitrogen and oxygen atoms in total. The van der Waals surface area contributed by atoms with Gasteiger partial charge < -0.3 is 4.90 Å². The zero-order chi connectivity index (χ0) is 19.3. The Morgan fingerprint density at radius 2 is 1.77 bits per heavy atom. The summed E-state index contributed by atoms with van der Waals surface area (Å²) in [4.78, 5) is 13.7. The van der Waals surface area contributed by atoms with E-state index in [4.69, 9.17) is 0 Å². The summed E-state index contributed by atoms with van der Waals surface area (Å²) >= 11 is 0. The summed E-state index contributed by atoms with van der Waals surface area (Å²) in [6.45, 7) is 2.63. The van der Waals surface area contributed by atoms with Crippen LogP contribution < -0.4 is 4.72 Å². The topological polar surface area (TPSA) is 66.5 Å². The average Bonchev–Trinajstić information content (AvgIpc) is 2.61. The second-order valence-electron chi connectivity index (χ2n) is 5.83. The number of hydrogen-bond acceptors (Lipinski definition) is 3. The van der Waals surface area contributed by atoms with E-state index in [1.165, 1.54) is 24.3 Å². The Morgan fingerprint density at radius 1 is 1.12 bits per heavy atom. The SMILES string of the molecule is CCCCN(C)C(=O)c1ccc(S(=O)(=O)Nc2ccc(F)cc2F)cc1. The van der Waals surface area contributed by atoms with E-state index in [9.17, 15) is 22.0 Å². The molecule has 1 amide bonds. The molecule has 0 saturated heterocycles. The fraction of sp³-hybridized carbons (Fsp3) is 0.278. The van der Waals surface area contributed by atoms with E-state index < -0.39 is 21.7 Å². The van der Waals surface area contributed by atoms with Crippen molar-refractivity contribution in [3.8, 4) is 0 Å². The number of halogens is 2. The lowest BCUT2D eigenvalue weighted by Crippen LogP contribution is -2.27. The van der Waals surface area contributed by atoms with Crippen molar-refractivity contribution in [1.82, 2.24) is 4.90 Å². The highest BCUT2D eigenvalue weighted by Crippen LogP contribution is 2.20.